The third kappa shape index (κ3) is 4.37. The molecule has 1 nitrogen and oxygen atoms in total. The average Bonchev–Trinajstić information content (AvgIpc) is 2.61. The van der Waals surface area contributed by atoms with Gasteiger partial charge in [0.25, 0.3) is 0 Å². The minimum absolute atomic E-state index is 0.730. The summed E-state index contributed by atoms with van der Waals surface area (Å²) < 4.78 is 5.21. The molecule has 0 amide bonds. The largest absolute Gasteiger partial charge is 0.385 e. The van der Waals surface area contributed by atoms with Crippen LogP contribution >= 0.6 is 11.6 Å². The number of hydrogen-bond acceptors (Lipinski definition) is 1. The smallest absolute Gasteiger partial charge is 0.0464 e. The number of hydrogen-bond donors (Lipinski definition) is 0. The molecule has 0 bridgehead atoms. The van der Waals surface area contributed by atoms with Crippen molar-refractivity contribution < 1.29 is 4.74 Å². The van der Waals surface area contributed by atoms with E-state index in [0.29, 0.717) is 0 Å². The average molecular weight is 329 g/mol. The van der Waals surface area contributed by atoms with Gasteiger partial charge in [-0.2, -0.15) is 0 Å². The summed E-state index contributed by atoms with van der Waals surface area (Å²) in [4.78, 5) is 0. The molecule has 0 radical (unpaired) electrons. The van der Waals surface area contributed by atoms with Gasteiger partial charge in [-0.15, -0.1) is 0 Å². The van der Waals surface area contributed by atoms with E-state index in [1.54, 1.807) is 7.11 Å². The fraction of sp³-hybridized carbons (Fsp3) is 0.429. The van der Waals surface area contributed by atoms with E-state index >= 15 is 0 Å². The van der Waals surface area contributed by atoms with Gasteiger partial charge in [0.05, 0.1) is 0 Å². The van der Waals surface area contributed by atoms with Crippen LogP contribution < -0.4 is 0 Å². The number of ether oxygens (including phenoxy) is 1. The van der Waals surface area contributed by atoms with Crippen LogP contribution in [0.5, 0.6) is 0 Å². The molecule has 0 heterocycles. The van der Waals surface area contributed by atoms with E-state index in [1.165, 1.54) is 48.8 Å². The summed E-state index contributed by atoms with van der Waals surface area (Å²) in [6.45, 7) is 0.908. The highest BCUT2D eigenvalue weighted by molar-refractivity contribution is 6.30. The van der Waals surface area contributed by atoms with Crippen molar-refractivity contribution in [1.29, 1.82) is 0 Å². The van der Waals surface area contributed by atoms with Crippen LogP contribution in [-0.4, -0.2) is 13.7 Å². The van der Waals surface area contributed by atoms with Crippen LogP contribution in [-0.2, 0) is 4.74 Å². The van der Waals surface area contributed by atoms with E-state index in [0.717, 1.165) is 23.5 Å². The molecule has 0 aliphatic heterocycles. The molecule has 1 saturated carbocycles. The van der Waals surface area contributed by atoms with Crippen molar-refractivity contribution in [3.63, 3.8) is 0 Å². The molecule has 3 rings (SSSR count). The lowest BCUT2D eigenvalue weighted by atomic mass is 9.77. The van der Waals surface area contributed by atoms with Crippen LogP contribution in [0.25, 0.3) is 11.1 Å². The molecular formula is C21H25ClO. The lowest BCUT2D eigenvalue weighted by Gasteiger charge is -2.28. The molecule has 1 aliphatic rings. The van der Waals surface area contributed by atoms with Crippen molar-refractivity contribution in [1.82, 2.24) is 0 Å². The van der Waals surface area contributed by atoms with Crippen molar-refractivity contribution in [2.75, 3.05) is 13.7 Å². The predicted molar refractivity (Wildman–Crippen MR) is 98.1 cm³/mol. The first kappa shape index (κ1) is 16.5. The minimum Gasteiger partial charge on any atom is -0.385 e. The lowest BCUT2D eigenvalue weighted by molar-refractivity contribution is 0.163. The van der Waals surface area contributed by atoms with Gasteiger partial charge in [-0.25, -0.2) is 0 Å². The fourth-order valence-electron chi connectivity index (χ4n) is 3.66. The second kappa shape index (κ2) is 7.99. The molecule has 0 aromatic heterocycles. The first-order valence-corrected chi connectivity index (χ1v) is 8.99. The molecule has 122 valence electrons. The van der Waals surface area contributed by atoms with Crippen molar-refractivity contribution in [3.8, 4) is 11.1 Å². The van der Waals surface area contributed by atoms with Crippen molar-refractivity contribution in [2.45, 2.75) is 38.0 Å². The van der Waals surface area contributed by atoms with Crippen LogP contribution in [0.1, 0.15) is 43.6 Å². The van der Waals surface area contributed by atoms with E-state index in [2.05, 4.69) is 36.4 Å². The highest BCUT2D eigenvalue weighted by Crippen LogP contribution is 2.37. The number of methoxy groups -OCH3 is 1. The molecule has 0 atom stereocenters. The van der Waals surface area contributed by atoms with Gasteiger partial charge in [0.1, 0.15) is 0 Å². The summed E-state index contributed by atoms with van der Waals surface area (Å²) in [6, 6.07) is 17.2. The monoisotopic (exact) mass is 328 g/mol. The summed E-state index contributed by atoms with van der Waals surface area (Å²) in [5.74, 6) is 1.59. The summed E-state index contributed by atoms with van der Waals surface area (Å²) in [5.41, 5.74) is 3.98. The maximum atomic E-state index is 5.96. The third-order valence-electron chi connectivity index (χ3n) is 5.14. The zero-order valence-corrected chi connectivity index (χ0v) is 14.6. The van der Waals surface area contributed by atoms with Crippen molar-refractivity contribution in [3.05, 3.63) is 59.1 Å². The van der Waals surface area contributed by atoms with E-state index in [-0.39, 0.29) is 0 Å². The maximum Gasteiger partial charge on any atom is 0.0464 e. The Morgan fingerprint density at radius 1 is 0.870 bits per heavy atom. The van der Waals surface area contributed by atoms with E-state index in [1.807, 2.05) is 12.1 Å². The Labute approximate surface area is 144 Å². The van der Waals surface area contributed by atoms with Crippen LogP contribution in [0.4, 0.5) is 0 Å². The zero-order chi connectivity index (χ0) is 16.1. The van der Waals surface area contributed by atoms with Gasteiger partial charge in [0.2, 0.25) is 0 Å². The third-order valence-corrected chi connectivity index (χ3v) is 5.39. The van der Waals surface area contributed by atoms with Crippen LogP contribution in [0.15, 0.2) is 48.5 Å². The fourth-order valence-corrected chi connectivity index (χ4v) is 3.79. The SMILES string of the molecule is COCCC1CCC(c2ccc(-c3ccc(Cl)cc3)cc2)CC1. The number of benzene rings is 2. The highest BCUT2D eigenvalue weighted by atomic mass is 35.5. The molecule has 0 saturated heterocycles. The molecule has 0 spiro atoms. The minimum atomic E-state index is 0.730. The molecule has 2 aromatic rings. The van der Waals surface area contributed by atoms with E-state index < -0.39 is 0 Å². The number of rotatable bonds is 5. The number of halogens is 1. The lowest BCUT2D eigenvalue weighted by Crippen LogP contribution is -2.14. The predicted octanol–water partition coefficient (Wildman–Crippen LogP) is 6.32. The van der Waals surface area contributed by atoms with Gasteiger partial charge in [-0.1, -0.05) is 48.0 Å². The van der Waals surface area contributed by atoms with Crippen LogP contribution in [0.2, 0.25) is 5.02 Å². The summed E-state index contributed by atoms with van der Waals surface area (Å²) >= 11 is 5.96. The molecule has 1 aliphatic carbocycles. The van der Waals surface area contributed by atoms with Crippen molar-refractivity contribution in [2.24, 2.45) is 5.92 Å². The quantitative estimate of drug-likeness (QED) is 0.624. The Morgan fingerprint density at radius 2 is 1.43 bits per heavy atom. The Hall–Kier alpha value is -1.31. The molecule has 0 unspecified atom stereocenters. The Morgan fingerprint density at radius 3 is 2.00 bits per heavy atom. The van der Waals surface area contributed by atoms with Gasteiger partial charge >= 0.3 is 0 Å². The topological polar surface area (TPSA) is 9.23 Å². The van der Waals surface area contributed by atoms with E-state index in [4.69, 9.17) is 16.3 Å². The first-order valence-electron chi connectivity index (χ1n) is 8.61. The summed E-state index contributed by atoms with van der Waals surface area (Å²) in [6.07, 6.45) is 6.53. The molecular weight excluding hydrogens is 304 g/mol. The normalized spacial score (nSPS) is 21.3. The molecule has 23 heavy (non-hydrogen) atoms. The first-order chi connectivity index (χ1) is 11.3. The highest BCUT2D eigenvalue weighted by Gasteiger charge is 2.22. The van der Waals surface area contributed by atoms with Gasteiger partial charge in [-0.05, 0) is 72.8 Å². The molecule has 0 N–H and O–H groups in total. The van der Waals surface area contributed by atoms with Crippen LogP contribution in [0.3, 0.4) is 0 Å². The Balaban J connectivity index is 1.61. The standard InChI is InChI=1S/C21H25ClO/c1-23-15-14-16-2-4-17(5-3-16)18-6-8-19(9-7-18)20-10-12-21(22)13-11-20/h6-13,16-17H,2-5,14-15H2,1H3. The second-order valence-electron chi connectivity index (χ2n) is 6.63. The molecule has 2 aromatic carbocycles. The summed E-state index contributed by atoms with van der Waals surface area (Å²) in [5, 5.41) is 0.788. The second-order valence-corrected chi connectivity index (χ2v) is 7.06. The Kier molecular flexibility index (Phi) is 5.75. The van der Waals surface area contributed by atoms with Gasteiger partial charge in [-0.3, -0.25) is 0 Å². The Bertz CT molecular complexity index is 595. The molecule has 1 fully saturated rings. The van der Waals surface area contributed by atoms with Crippen molar-refractivity contribution >= 4 is 11.6 Å². The van der Waals surface area contributed by atoms with Gasteiger partial charge in [0, 0.05) is 18.7 Å². The molecule has 2 heteroatoms. The zero-order valence-electron chi connectivity index (χ0n) is 13.8. The van der Waals surface area contributed by atoms with Gasteiger partial charge < -0.3 is 4.74 Å². The maximum absolute atomic E-state index is 5.96. The van der Waals surface area contributed by atoms with Crippen LogP contribution in [0, 0.1) is 5.92 Å². The van der Waals surface area contributed by atoms with Gasteiger partial charge in [0.15, 0.2) is 0 Å². The summed E-state index contributed by atoms with van der Waals surface area (Å²) in [7, 11) is 1.80. The van der Waals surface area contributed by atoms with E-state index in [9.17, 15) is 0 Å².